The van der Waals surface area contributed by atoms with Crippen LogP contribution in [0.2, 0.25) is 0 Å². The van der Waals surface area contributed by atoms with E-state index in [9.17, 15) is 0 Å². The standard InChI is InChI=1S/C15H28N4/c1-12-8-13(6-7-18(12)5)19-11-16-9-14(19)10-17-15(2,3)4/h9,11-13,17H,6-8,10H2,1-5H3. The third-order valence-corrected chi connectivity index (χ3v) is 4.12. The normalized spacial score (nSPS) is 25.7. The van der Waals surface area contributed by atoms with Crippen LogP contribution in [0.5, 0.6) is 0 Å². The predicted molar refractivity (Wildman–Crippen MR) is 79.2 cm³/mol. The van der Waals surface area contributed by atoms with Crippen LogP contribution in [0, 0.1) is 0 Å². The molecule has 1 aromatic heterocycles. The molecule has 1 N–H and O–H groups in total. The summed E-state index contributed by atoms with van der Waals surface area (Å²) in [7, 11) is 2.22. The smallest absolute Gasteiger partial charge is 0.0951 e. The Labute approximate surface area is 117 Å². The topological polar surface area (TPSA) is 33.1 Å². The minimum atomic E-state index is 0.148. The number of aromatic nitrogens is 2. The molecule has 0 spiro atoms. The molecule has 4 nitrogen and oxygen atoms in total. The van der Waals surface area contributed by atoms with Gasteiger partial charge in [0, 0.05) is 36.9 Å². The summed E-state index contributed by atoms with van der Waals surface area (Å²) in [5.41, 5.74) is 1.45. The highest BCUT2D eigenvalue weighted by molar-refractivity contribution is 5.02. The molecule has 1 fully saturated rings. The second kappa shape index (κ2) is 5.63. The largest absolute Gasteiger partial charge is 0.330 e. The monoisotopic (exact) mass is 264 g/mol. The SMILES string of the molecule is CC1CC(n2cncc2CNC(C)(C)C)CCN1C. The number of hydrogen-bond acceptors (Lipinski definition) is 3. The van der Waals surface area contributed by atoms with Crippen molar-refractivity contribution in [2.45, 2.75) is 64.7 Å². The summed E-state index contributed by atoms with van der Waals surface area (Å²) >= 11 is 0. The van der Waals surface area contributed by atoms with Crippen molar-refractivity contribution in [2.75, 3.05) is 13.6 Å². The molecule has 2 heterocycles. The van der Waals surface area contributed by atoms with Crippen LogP contribution in [-0.4, -0.2) is 39.6 Å². The molecular formula is C15H28N4. The third-order valence-electron chi connectivity index (χ3n) is 4.12. The van der Waals surface area contributed by atoms with E-state index in [0.29, 0.717) is 12.1 Å². The Morgan fingerprint density at radius 1 is 1.42 bits per heavy atom. The molecule has 0 saturated carbocycles. The summed E-state index contributed by atoms with van der Waals surface area (Å²) in [5.74, 6) is 0. The van der Waals surface area contributed by atoms with Gasteiger partial charge in [-0.2, -0.15) is 0 Å². The van der Waals surface area contributed by atoms with E-state index in [4.69, 9.17) is 0 Å². The van der Waals surface area contributed by atoms with E-state index in [-0.39, 0.29) is 5.54 Å². The van der Waals surface area contributed by atoms with Crippen molar-refractivity contribution in [3.8, 4) is 0 Å². The van der Waals surface area contributed by atoms with Crippen LogP contribution in [0.15, 0.2) is 12.5 Å². The van der Waals surface area contributed by atoms with Gasteiger partial charge in [0.05, 0.1) is 12.0 Å². The zero-order chi connectivity index (χ0) is 14.0. The molecule has 1 aliphatic rings. The molecule has 2 unspecified atom stereocenters. The fourth-order valence-electron chi connectivity index (χ4n) is 2.67. The summed E-state index contributed by atoms with van der Waals surface area (Å²) < 4.78 is 2.38. The van der Waals surface area contributed by atoms with Gasteiger partial charge in [-0.05, 0) is 47.6 Å². The Morgan fingerprint density at radius 3 is 2.79 bits per heavy atom. The molecule has 1 saturated heterocycles. The van der Waals surface area contributed by atoms with Crippen molar-refractivity contribution in [3.05, 3.63) is 18.2 Å². The maximum absolute atomic E-state index is 4.35. The summed E-state index contributed by atoms with van der Waals surface area (Å²) in [4.78, 5) is 6.80. The number of rotatable bonds is 3. The van der Waals surface area contributed by atoms with Gasteiger partial charge in [0.1, 0.15) is 0 Å². The maximum atomic E-state index is 4.35. The van der Waals surface area contributed by atoms with E-state index >= 15 is 0 Å². The minimum Gasteiger partial charge on any atom is -0.330 e. The molecule has 0 aliphatic carbocycles. The van der Waals surface area contributed by atoms with Crippen molar-refractivity contribution in [3.63, 3.8) is 0 Å². The molecule has 2 atom stereocenters. The lowest BCUT2D eigenvalue weighted by Crippen LogP contribution is -2.39. The van der Waals surface area contributed by atoms with Gasteiger partial charge in [0.15, 0.2) is 0 Å². The molecule has 0 aromatic carbocycles. The molecule has 1 aliphatic heterocycles. The first-order chi connectivity index (χ1) is 8.87. The minimum absolute atomic E-state index is 0.148. The van der Waals surface area contributed by atoms with Gasteiger partial charge in [-0.1, -0.05) is 0 Å². The van der Waals surface area contributed by atoms with Gasteiger partial charge in [0.2, 0.25) is 0 Å². The average Bonchev–Trinajstić information content (AvgIpc) is 2.77. The molecule has 2 rings (SSSR count). The third kappa shape index (κ3) is 3.80. The first-order valence-corrected chi connectivity index (χ1v) is 7.33. The van der Waals surface area contributed by atoms with E-state index in [1.54, 1.807) is 0 Å². The molecule has 1 aromatic rings. The Balaban J connectivity index is 2.03. The Kier molecular flexibility index (Phi) is 4.31. The Hall–Kier alpha value is -0.870. The van der Waals surface area contributed by atoms with Gasteiger partial charge in [-0.15, -0.1) is 0 Å². The lowest BCUT2D eigenvalue weighted by molar-refractivity contribution is 0.155. The van der Waals surface area contributed by atoms with Crippen molar-refractivity contribution < 1.29 is 0 Å². The van der Waals surface area contributed by atoms with Crippen LogP contribution in [0.3, 0.4) is 0 Å². The van der Waals surface area contributed by atoms with Gasteiger partial charge in [-0.25, -0.2) is 4.98 Å². The molecule has 0 amide bonds. The van der Waals surface area contributed by atoms with E-state index in [0.717, 1.165) is 6.54 Å². The zero-order valence-electron chi connectivity index (χ0n) is 13.0. The first-order valence-electron chi connectivity index (χ1n) is 7.33. The number of likely N-dealkylation sites (tertiary alicyclic amines) is 1. The Morgan fingerprint density at radius 2 is 2.16 bits per heavy atom. The second-order valence-corrected chi connectivity index (χ2v) is 6.90. The van der Waals surface area contributed by atoms with Gasteiger partial charge in [0.25, 0.3) is 0 Å². The molecular weight excluding hydrogens is 236 g/mol. The fourth-order valence-corrected chi connectivity index (χ4v) is 2.67. The van der Waals surface area contributed by atoms with Gasteiger partial charge >= 0.3 is 0 Å². The lowest BCUT2D eigenvalue weighted by Gasteiger charge is -2.36. The lowest BCUT2D eigenvalue weighted by atomic mass is 9.98. The van der Waals surface area contributed by atoms with E-state index in [1.807, 2.05) is 12.5 Å². The number of imidazole rings is 1. The summed E-state index contributed by atoms with van der Waals surface area (Å²) in [6, 6.07) is 1.26. The first kappa shape index (κ1) is 14.5. The second-order valence-electron chi connectivity index (χ2n) is 6.90. The average molecular weight is 264 g/mol. The molecule has 0 bridgehead atoms. The summed E-state index contributed by atoms with van der Waals surface area (Å²) in [5, 5.41) is 3.55. The van der Waals surface area contributed by atoms with Crippen molar-refractivity contribution in [1.82, 2.24) is 19.8 Å². The highest BCUT2D eigenvalue weighted by atomic mass is 15.2. The predicted octanol–water partition coefficient (Wildman–Crippen LogP) is 2.43. The number of hydrogen-bond donors (Lipinski definition) is 1. The quantitative estimate of drug-likeness (QED) is 0.910. The van der Waals surface area contributed by atoms with Crippen molar-refractivity contribution in [1.29, 1.82) is 0 Å². The van der Waals surface area contributed by atoms with Crippen molar-refractivity contribution in [2.24, 2.45) is 0 Å². The zero-order valence-corrected chi connectivity index (χ0v) is 13.0. The fraction of sp³-hybridized carbons (Fsp3) is 0.800. The highest BCUT2D eigenvalue weighted by Crippen LogP contribution is 2.27. The van der Waals surface area contributed by atoms with E-state index in [2.05, 4.69) is 54.5 Å². The van der Waals surface area contributed by atoms with Crippen LogP contribution < -0.4 is 5.32 Å². The highest BCUT2D eigenvalue weighted by Gasteiger charge is 2.25. The number of piperidine rings is 1. The molecule has 108 valence electrons. The number of nitrogens with zero attached hydrogens (tertiary/aromatic N) is 3. The summed E-state index contributed by atoms with van der Waals surface area (Å²) in [6.45, 7) is 11.0. The van der Waals surface area contributed by atoms with Crippen LogP contribution in [0.1, 0.15) is 52.3 Å². The van der Waals surface area contributed by atoms with Crippen molar-refractivity contribution >= 4 is 0 Å². The van der Waals surface area contributed by atoms with Crippen LogP contribution in [0.25, 0.3) is 0 Å². The van der Waals surface area contributed by atoms with E-state index < -0.39 is 0 Å². The number of nitrogens with one attached hydrogen (secondary N) is 1. The Bertz CT molecular complexity index is 405. The van der Waals surface area contributed by atoms with Crippen LogP contribution in [0.4, 0.5) is 0 Å². The molecule has 0 radical (unpaired) electrons. The van der Waals surface area contributed by atoms with Crippen LogP contribution >= 0.6 is 0 Å². The molecule has 4 heteroatoms. The summed E-state index contributed by atoms with van der Waals surface area (Å²) in [6.07, 6.45) is 6.44. The van der Waals surface area contributed by atoms with Gasteiger partial charge in [-0.3, -0.25) is 0 Å². The van der Waals surface area contributed by atoms with Gasteiger partial charge < -0.3 is 14.8 Å². The van der Waals surface area contributed by atoms with Crippen LogP contribution in [-0.2, 0) is 6.54 Å². The maximum Gasteiger partial charge on any atom is 0.0951 e. The van der Waals surface area contributed by atoms with E-state index in [1.165, 1.54) is 25.1 Å². The molecule has 19 heavy (non-hydrogen) atoms.